The molecule has 0 radical (unpaired) electrons. The zero-order valence-electron chi connectivity index (χ0n) is 9.39. The third-order valence-corrected chi connectivity index (χ3v) is 4.98. The van der Waals surface area contributed by atoms with Gasteiger partial charge in [0.25, 0.3) is 0 Å². The fourth-order valence-electron chi connectivity index (χ4n) is 1.27. The highest BCUT2D eigenvalue weighted by atomic mass is 35.5. The molecule has 6 nitrogen and oxygen atoms in total. The summed E-state index contributed by atoms with van der Waals surface area (Å²) in [6, 6.07) is 3.02. The number of halogens is 2. The zero-order chi connectivity index (χ0) is 14.2. The number of anilines is 1. The van der Waals surface area contributed by atoms with E-state index in [0.717, 1.165) is 11.7 Å². The molecule has 0 saturated carbocycles. The van der Waals surface area contributed by atoms with Crippen LogP contribution in [0.1, 0.15) is 6.92 Å². The second-order valence-electron chi connectivity index (χ2n) is 3.60. The van der Waals surface area contributed by atoms with Crippen molar-refractivity contribution in [2.75, 3.05) is 4.72 Å². The first-order chi connectivity index (χ1) is 8.86. The Hall–Kier alpha value is -1.14. The van der Waals surface area contributed by atoms with Crippen LogP contribution >= 0.6 is 34.9 Å². The van der Waals surface area contributed by atoms with Gasteiger partial charge < -0.3 is 0 Å². The Morgan fingerprint density at radius 3 is 2.63 bits per heavy atom. The van der Waals surface area contributed by atoms with Gasteiger partial charge in [0.05, 0.1) is 33.5 Å². The predicted octanol–water partition coefficient (Wildman–Crippen LogP) is 2.65. The Labute approximate surface area is 123 Å². The Morgan fingerprint density at radius 2 is 2.00 bits per heavy atom. The largest absolute Gasteiger partial charge is 0.279 e. The molecule has 0 aliphatic carbocycles. The molecule has 1 aromatic heterocycles. The molecule has 100 valence electrons. The number of nitriles is 1. The van der Waals surface area contributed by atoms with Gasteiger partial charge in [0.1, 0.15) is 11.0 Å². The first-order valence-electron chi connectivity index (χ1n) is 4.88. The molecule has 1 heterocycles. The second kappa shape index (κ2) is 5.09. The molecule has 19 heavy (non-hydrogen) atoms. The van der Waals surface area contributed by atoms with E-state index >= 15 is 0 Å². The van der Waals surface area contributed by atoms with Gasteiger partial charge in [-0.15, -0.1) is 0 Å². The number of nitrogens with zero attached hydrogens (tertiary/aromatic N) is 3. The van der Waals surface area contributed by atoms with Gasteiger partial charge in [0.2, 0.25) is 10.0 Å². The number of nitrogens with one attached hydrogen (secondary N) is 1. The maximum atomic E-state index is 11.9. The summed E-state index contributed by atoms with van der Waals surface area (Å²) in [7, 11) is -3.87. The summed E-state index contributed by atoms with van der Waals surface area (Å²) in [5, 5.41) is 7.84. The minimum absolute atomic E-state index is 0.0805. The van der Waals surface area contributed by atoms with Crippen LogP contribution in [0.25, 0.3) is 11.0 Å². The van der Waals surface area contributed by atoms with E-state index in [1.54, 1.807) is 6.07 Å². The average molecular weight is 337 g/mol. The lowest BCUT2D eigenvalue weighted by Gasteiger charge is -2.11. The molecule has 1 atom stereocenters. The van der Waals surface area contributed by atoms with Crippen molar-refractivity contribution >= 4 is 61.7 Å². The summed E-state index contributed by atoms with van der Waals surface area (Å²) in [6.07, 6.45) is 0. The smallest absolute Gasteiger partial charge is 0.248 e. The van der Waals surface area contributed by atoms with Gasteiger partial charge in [-0.1, -0.05) is 23.2 Å². The molecule has 2 rings (SSSR count). The normalized spacial score (nSPS) is 13.2. The highest BCUT2D eigenvalue weighted by molar-refractivity contribution is 7.93. The number of aromatic nitrogens is 2. The molecular weight excluding hydrogens is 331 g/mol. The zero-order valence-corrected chi connectivity index (χ0v) is 12.5. The van der Waals surface area contributed by atoms with Crippen LogP contribution in [0.4, 0.5) is 5.69 Å². The van der Waals surface area contributed by atoms with Crippen molar-refractivity contribution in [3.8, 4) is 6.07 Å². The van der Waals surface area contributed by atoms with Crippen molar-refractivity contribution in [2.24, 2.45) is 0 Å². The standard InChI is InChI=1S/C9H6Cl2N4O2S2/c1-4(3-12)19(16,17)15-8-6(11)2-5(10)7-9(8)14-18-13-7/h2,4,15H,1H3. The van der Waals surface area contributed by atoms with Crippen LogP contribution in [0.15, 0.2) is 6.07 Å². The van der Waals surface area contributed by atoms with Crippen molar-refractivity contribution in [1.29, 1.82) is 5.26 Å². The van der Waals surface area contributed by atoms with Crippen LogP contribution in [0.2, 0.25) is 10.0 Å². The SMILES string of the molecule is CC(C#N)S(=O)(=O)Nc1c(Cl)cc(Cl)c2nsnc12. The van der Waals surface area contributed by atoms with Gasteiger partial charge in [0.15, 0.2) is 5.25 Å². The van der Waals surface area contributed by atoms with Crippen LogP contribution in [-0.2, 0) is 10.0 Å². The van der Waals surface area contributed by atoms with Crippen LogP contribution in [0, 0.1) is 11.3 Å². The summed E-state index contributed by atoms with van der Waals surface area (Å²) < 4.78 is 33.9. The topological polar surface area (TPSA) is 95.7 Å². The van der Waals surface area contributed by atoms with Gasteiger partial charge in [-0.3, -0.25) is 4.72 Å². The number of hydrogen-bond donors (Lipinski definition) is 1. The molecule has 1 N–H and O–H groups in total. The van der Waals surface area contributed by atoms with E-state index in [1.165, 1.54) is 13.0 Å². The first-order valence-corrected chi connectivity index (χ1v) is 7.91. The lowest BCUT2D eigenvalue weighted by atomic mass is 10.3. The van der Waals surface area contributed by atoms with Crippen molar-refractivity contribution in [1.82, 2.24) is 8.75 Å². The fourth-order valence-corrected chi connectivity index (χ4v) is 3.29. The maximum Gasteiger partial charge on any atom is 0.248 e. The minimum atomic E-state index is -3.87. The van der Waals surface area contributed by atoms with E-state index in [4.69, 9.17) is 28.5 Å². The Kier molecular flexibility index (Phi) is 3.82. The van der Waals surface area contributed by atoms with Gasteiger partial charge >= 0.3 is 0 Å². The Bertz CT molecular complexity index is 781. The van der Waals surface area contributed by atoms with E-state index in [-0.39, 0.29) is 21.2 Å². The lowest BCUT2D eigenvalue weighted by Crippen LogP contribution is -2.24. The summed E-state index contributed by atoms with van der Waals surface area (Å²) in [6.45, 7) is 1.27. The molecule has 1 aromatic carbocycles. The van der Waals surface area contributed by atoms with Crippen molar-refractivity contribution in [3.05, 3.63) is 16.1 Å². The molecule has 0 fully saturated rings. The molecule has 10 heteroatoms. The number of hydrogen-bond acceptors (Lipinski definition) is 6. The van der Waals surface area contributed by atoms with Gasteiger partial charge in [-0.25, -0.2) is 8.42 Å². The van der Waals surface area contributed by atoms with Crippen molar-refractivity contribution < 1.29 is 8.42 Å². The summed E-state index contributed by atoms with van der Waals surface area (Å²) in [5.74, 6) is 0. The number of fused-ring (bicyclic) bond motifs is 1. The summed E-state index contributed by atoms with van der Waals surface area (Å²) >= 11 is 12.8. The number of sulfonamides is 1. The molecule has 0 aliphatic heterocycles. The Balaban J connectivity index is 2.59. The predicted molar refractivity (Wildman–Crippen MR) is 75.1 cm³/mol. The van der Waals surface area contributed by atoms with E-state index in [9.17, 15) is 8.42 Å². The molecule has 0 saturated heterocycles. The highest BCUT2D eigenvalue weighted by Gasteiger charge is 2.24. The van der Waals surface area contributed by atoms with Crippen LogP contribution in [0.3, 0.4) is 0 Å². The molecule has 0 aliphatic rings. The van der Waals surface area contributed by atoms with E-state index in [2.05, 4.69) is 13.5 Å². The molecule has 1 unspecified atom stereocenters. The van der Waals surface area contributed by atoms with Gasteiger partial charge in [0, 0.05) is 0 Å². The third kappa shape index (κ3) is 2.60. The lowest BCUT2D eigenvalue weighted by molar-refractivity contribution is 0.597. The average Bonchev–Trinajstić information content (AvgIpc) is 2.83. The summed E-state index contributed by atoms with van der Waals surface area (Å²) in [5.41, 5.74) is 0.700. The molecular formula is C9H6Cl2N4O2S2. The quantitative estimate of drug-likeness (QED) is 0.929. The summed E-state index contributed by atoms with van der Waals surface area (Å²) in [4.78, 5) is 0. The highest BCUT2D eigenvalue weighted by Crippen LogP contribution is 2.35. The van der Waals surface area contributed by atoms with Gasteiger partial charge in [-0.2, -0.15) is 14.0 Å². The maximum absolute atomic E-state index is 11.9. The molecule has 0 amide bonds. The van der Waals surface area contributed by atoms with E-state index in [0.29, 0.717) is 5.52 Å². The molecule has 2 aromatic rings. The van der Waals surface area contributed by atoms with Crippen LogP contribution in [-0.4, -0.2) is 22.4 Å². The van der Waals surface area contributed by atoms with Gasteiger partial charge in [-0.05, 0) is 13.0 Å². The van der Waals surface area contributed by atoms with Crippen molar-refractivity contribution in [2.45, 2.75) is 12.2 Å². The van der Waals surface area contributed by atoms with Crippen LogP contribution in [0.5, 0.6) is 0 Å². The minimum Gasteiger partial charge on any atom is -0.279 e. The molecule has 0 bridgehead atoms. The third-order valence-electron chi connectivity index (χ3n) is 2.34. The fraction of sp³-hybridized carbons (Fsp3) is 0.222. The first kappa shape index (κ1) is 14.3. The van der Waals surface area contributed by atoms with Crippen molar-refractivity contribution in [3.63, 3.8) is 0 Å². The Morgan fingerprint density at radius 1 is 1.37 bits per heavy atom. The van der Waals surface area contributed by atoms with E-state index in [1.807, 2.05) is 0 Å². The molecule has 0 spiro atoms. The van der Waals surface area contributed by atoms with Crippen LogP contribution < -0.4 is 4.72 Å². The van der Waals surface area contributed by atoms with E-state index < -0.39 is 15.3 Å². The second-order valence-corrected chi connectivity index (χ2v) is 6.94. The number of rotatable bonds is 3. The monoisotopic (exact) mass is 336 g/mol. The number of benzene rings is 1.